The Balaban J connectivity index is 1.43. The summed E-state index contributed by atoms with van der Waals surface area (Å²) in [7, 11) is 0. The number of fused-ring (bicyclic) bond motifs is 1. The molecule has 0 atom stereocenters. The van der Waals surface area contributed by atoms with E-state index in [1.54, 1.807) is 6.92 Å². The molecule has 0 radical (unpaired) electrons. The highest BCUT2D eigenvalue weighted by atomic mass is 32.1. The van der Waals surface area contributed by atoms with E-state index in [1.165, 1.54) is 11.3 Å². The fourth-order valence-corrected chi connectivity index (χ4v) is 3.90. The number of nitrogens with zero attached hydrogens (tertiary/aromatic N) is 1. The molecule has 0 aliphatic carbocycles. The molecule has 0 aliphatic rings. The van der Waals surface area contributed by atoms with Crippen molar-refractivity contribution in [1.82, 2.24) is 15.0 Å². The van der Waals surface area contributed by atoms with Crippen LogP contribution in [0.5, 0.6) is 11.5 Å². The van der Waals surface area contributed by atoms with Gasteiger partial charge in [0, 0.05) is 23.7 Å². The molecule has 4 aromatic rings. The number of carbonyl (C=O) groups excluding carboxylic acids is 1. The molecule has 0 fully saturated rings. The maximum Gasteiger partial charge on any atom is 0.325 e. The Labute approximate surface area is 174 Å². The van der Waals surface area contributed by atoms with Crippen molar-refractivity contribution >= 4 is 32.6 Å². The van der Waals surface area contributed by atoms with E-state index in [0.717, 1.165) is 16.0 Å². The topological polar surface area (TPSA) is 117 Å². The van der Waals surface area contributed by atoms with Crippen molar-refractivity contribution < 1.29 is 9.53 Å². The zero-order chi connectivity index (χ0) is 21.1. The minimum absolute atomic E-state index is 0.0915. The van der Waals surface area contributed by atoms with Crippen LogP contribution in [0.15, 0.2) is 58.1 Å². The van der Waals surface area contributed by atoms with Gasteiger partial charge in [0.2, 0.25) is 5.91 Å². The monoisotopic (exact) mass is 422 g/mol. The van der Waals surface area contributed by atoms with Gasteiger partial charge in [0.05, 0.1) is 10.2 Å². The summed E-state index contributed by atoms with van der Waals surface area (Å²) < 4.78 is 6.71. The Morgan fingerprint density at radius 2 is 1.90 bits per heavy atom. The molecule has 0 bridgehead atoms. The lowest BCUT2D eigenvalue weighted by Gasteiger charge is -2.04. The quantitative estimate of drug-likeness (QED) is 0.441. The third kappa shape index (κ3) is 4.47. The summed E-state index contributed by atoms with van der Waals surface area (Å²) in [6.07, 6.45) is 0.304. The third-order valence-electron chi connectivity index (χ3n) is 4.44. The van der Waals surface area contributed by atoms with E-state index in [1.807, 2.05) is 48.5 Å². The molecule has 2 aromatic heterocycles. The van der Waals surface area contributed by atoms with Crippen LogP contribution in [0.4, 0.5) is 5.13 Å². The molecule has 0 saturated carbocycles. The number of hydrogen-bond donors (Lipinski definition) is 3. The van der Waals surface area contributed by atoms with Crippen LogP contribution >= 0.6 is 11.3 Å². The first-order valence-corrected chi connectivity index (χ1v) is 10.0. The van der Waals surface area contributed by atoms with E-state index in [0.29, 0.717) is 22.1 Å². The summed E-state index contributed by atoms with van der Waals surface area (Å²) >= 11 is 1.34. The van der Waals surface area contributed by atoms with E-state index in [9.17, 15) is 14.4 Å². The number of aryl methyl sites for hydroxylation is 1. The second-order valence-corrected chi connectivity index (χ2v) is 7.65. The average molecular weight is 422 g/mol. The van der Waals surface area contributed by atoms with Crippen LogP contribution in [0.1, 0.15) is 17.7 Å². The second-order valence-electron chi connectivity index (χ2n) is 6.62. The maximum absolute atomic E-state index is 12.3. The predicted molar refractivity (Wildman–Crippen MR) is 116 cm³/mol. The van der Waals surface area contributed by atoms with Crippen molar-refractivity contribution in [2.24, 2.45) is 0 Å². The number of carbonyl (C=O) groups is 1. The molecule has 152 valence electrons. The lowest BCUT2D eigenvalue weighted by molar-refractivity contribution is -0.116. The molecule has 0 saturated heterocycles. The standard InChI is InChI=1S/C21H18N4O4S/c1-12-15(19(27)25-20(28)22-12)8-10-18(26)24-21-23-16-9-7-14(11-17(16)30-21)29-13-5-3-2-4-6-13/h2-7,9,11H,8,10H2,1H3,(H,23,24,26)(H2,22,25,27,28). The van der Waals surface area contributed by atoms with Crippen molar-refractivity contribution in [3.8, 4) is 11.5 Å². The van der Waals surface area contributed by atoms with Crippen LogP contribution in [0.3, 0.4) is 0 Å². The molecule has 30 heavy (non-hydrogen) atoms. The summed E-state index contributed by atoms with van der Waals surface area (Å²) in [5.41, 5.74) is 0.564. The molecule has 0 spiro atoms. The number of amides is 1. The van der Waals surface area contributed by atoms with Gasteiger partial charge in [-0.15, -0.1) is 0 Å². The number of nitrogens with one attached hydrogen (secondary N) is 3. The predicted octanol–water partition coefficient (Wildman–Crippen LogP) is 3.34. The first-order chi connectivity index (χ1) is 14.5. The van der Waals surface area contributed by atoms with Crippen LogP contribution in [0.2, 0.25) is 0 Å². The van der Waals surface area contributed by atoms with Gasteiger partial charge in [-0.25, -0.2) is 9.78 Å². The first-order valence-electron chi connectivity index (χ1n) is 9.23. The number of aromatic amines is 2. The molecular formula is C21H18N4O4S. The molecule has 0 unspecified atom stereocenters. The summed E-state index contributed by atoms with van der Waals surface area (Å²) in [6.45, 7) is 1.63. The molecule has 3 N–H and O–H groups in total. The van der Waals surface area contributed by atoms with Crippen LogP contribution < -0.4 is 21.3 Å². The van der Waals surface area contributed by atoms with Gasteiger partial charge in [0.1, 0.15) is 11.5 Å². The molecule has 1 amide bonds. The normalized spacial score (nSPS) is 10.8. The number of rotatable bonds is 6. The van der Waals surface area contributed by atoms with Gasteiger partial charge >= 0.3 is 5.69 Å². The van der Waals surface area contributed by atoms with Gasteiger partial charge in [-0.05, 0) is 37.6 Å². The average Bonchev–Trinajstić information content (AvgIpc) is 3.09. The number of ether oxygens (including phenoxy) is 1. The fourth-order valence-electron chi connectivity index (χ4n) is 2.99. The fraction of sp³-hybridized carbons (Fsp3) is 0.143. The Hall–Kier alpha value is -3.72. The van der Waals surface area contributed by atoms with Crippen molar-refractivity contribution in [3.63, 3.8) is 0 Å². The van der Waals surface area contributed by atoms with Crippen LogP contribution in [-0.4, -0.2) is 20.9 Å². The summed E-state index contributed by atoms with van der Waals surface area (Å²) in [5, 5.41) is 3.24. The highest BCUT2D eigenvalue weighted by molar-refractivity contribution is 7.22. The van der Waals surface area contributed by atoms with Crippen molar-refractivity contribution in [2.45, 2.75) is 19.8 Å². The zero-order valence-corrected chi connectivity index (χ0v) is 16.8. The zero-order valence-electron chi connectivity index (χ0n) is 16.0. The number of H-pyrrole nitrogens is 2. The van der Waals surface area contributed by atoms with E-state index < -0.39 is 11.2 Å². The summed E-state index contributed by atoms with van der Waals surface area (Å²) in [6, 6.07) is 15.0. The van der Waals surface area contributed by atoms with E-state index >= 15 is 0 Å². The molecule has 0 aliphatic heterocycles. The van der Waals surface area contributed by atoms with Gasteiger partial charge in [-0.1, -0.05) is 29.5 Å². The van der Waals surface area contributed by atoms with Crippen molar-refractivity contribution in [3.05, 3.63) is 80.6 Å². The molecule has 2 aromatic carbocycles. The largest absolute Gasteiger partial charge is 0.457 e. The molecule has 9 heteroatoms. The molecule has 2 heterocycles. The van der Waals surface area contributed by atoms with Crippen molar-refractivity contribution in [1.29, 1.82) is 0 Å². The Kier molecular flexibility index (Phi) is 5.44. The van der Waals surface area contributed by atoms with Crippen LogP contribution in [-0.2, 0) is 11.2 Å². The lowest BCUT2D eigenvalue weighted by Crippen LogP contribution is -2.27. The SMILES string of the molecule is Cc1[nH]c(=O)[nH]c(=O)c1CCC(=O)Nc1nc2ccc(Oc3ccccc3)cc2s1. The number of aromatic nitrogens is 3. The number of benzene rings is 2. The molecular weight excluding hydrogens is 404 g/mol. The van der Waals surface area contributed by atoms with Gasteiger partial charge < -0.3 is 15.0 Å². The Morgan fingerprint density at radius 1 is 1.10 bits per heavy atom. The van der Waals surface area contributed by atoms with Crippen molar-refractivity contribution in [2.75, 3.05) is 5.32 Å². The van der Waals surface area contributed by atoms with Crippen LogP contribution in [0.25, 0.3) is 10.2 Å². The number of anilines is 1. The lowest BCUT2D eigenvalue weighted by atomic mass is 10.1. The number of thiazole rings is 1. The third-order valence-corrected chi connectivity index (χ3v) is 5.38. The minimum atomic E-state index is -0.559. The first kappa shape index (κ1) is 19.6. The minimum Gasteiger partial charge on any atom is -0.457 e. The van der Waals surface area contributed by atoms with Gasteiger partial charge in [-0.2, -0.15) is 0 Å². The Morgan fingerprint density at radius 3 is 2.67 bits per heavy atom. The second kappa shape index (κ2) is 8.34. The molecule has 8 nitrogen and oxygen atoms in total. The Bertz CT molecular complexity index is 1320. The van der Waals surface area contributed by atoms with E-state index in [-0.39, 0.29) is 18.7 Å². The maximum atomic E-state index is 12.3. The highest BCUT2D eigenvalue weighted by Gasteiger charge is 2.12. The number of para-hydroxylation sites is 1. The van der Waals surface area contributed by atoms with E-state index in [4.69, 9.17) is 4.74 Å². The molecule has 4 rings (SSSR count). The summed E-state index contributed by atoms with van der Waals surface area (Å²) in [4.78, 5) is 44.6. The van der Waals surface area contributed by atoms with Gasteiger partial charge in [-0.3, -0.25) is 14.6 Å². The van der Waals surface area contributed by atoms with E-state index in [2.05, 4.69) is 20.3 Å². The van der Waals surface area contributed by atoms with Crippen LogP contribution in [0, 0.1) is 6.92 Å². The van der Waals surface area contributed by atoms with Gasteiger partial charge in [0.25, 0.3) is 5.56 Å². The number of hydrogen-bond acceptors (Lipinski definition) is 6. The summed E-state index contributed by atoms with van der Waals surface area (Å²) in [5.74, 6) is 1.16. The highest BCUT2D eigenvalue weighted by Crippen LogP contribution is 2.31. The van der Waals surface area contributed by atoms with Gasteiger partial charge in [0.15, 0.2) is 5.13 Å². The smallest absolute Gasteiger partial charge is 0.325 e.